The predicted octanol–water partition coefficient (Wildman–Crippen LogP) is 4.19. The van der Waals surface area contributed by atoms with Gasteiger partial charge in [0.1, 0.15) is 0 Å². The van der Waals surface area contributed by atoms with Crippen molar-refractivity contribution in [3.8, 4) is 11.3 Å². The third-order valence-electron chi connectivity index (χ3n) is 3.92. The van der Waals surface area contributed by atoms with Crippen LogP contribution in [0.4, 0.5) is 0 Å². The average molecular weight is 414 g/mol. The van der Waals surface area contributed by atoms with Crippen LogP contribution in [0.15, 0.2) is 64.4 Å². The Morgan fingerprint density at radius 3 is 2.28 bits per heavy atom. The summed E-state index contributed by atoms with van der Waals surface area (Å²) in [7, 11) is 0. The fourth-order valence-corrected chi connectivity index (χ4v) is 3.69. The maximum Gasteiger partial charge on any atom is 0.262 e. The van der Waals surface area contributed by atoms with E-state index in [4.69, 9.17) is 0 Å². The summed E-state index contributed by atoms with van der Waals surface area (Å²) in [5.41, 5.74) is 2.83. The number of aromatic nitrogens is 2. The predicted molar refractivity (Wildman–Crippen MR) is 99.4 cm³/mol. The maximum atomic E-state index is 12.3. The van der Waals surface area contributed by atoms with Gasteiger partial charge < -0.3 is 4.98 Å². The van der Waals surface area contributed by atoms with E-state index >= 15 is 0 Å². The molecule has 0 saturated carbocycles. The quantitative estimate of drug-likeness (QED) is 0.514. The molecule has 5 nitrogen and oxygen atoms in total. The van der Waals surface area contributed by atoms with Crippen LogP contribution in [-0.4, -0.2) is 32.6 Å². The minimum absolute atomic E-state index is 0.222. The second-order valence-electron chi connectivity index (χ2n) is 5.47. The van der Waals surface area contributed by atoms with Crippen LogP contribution in [0.3, 0.4) is 0 Å². The fraction of sp³-hybridized carbons (Fsp3) is 0.0556. The van der Waals surface area contributed by atoms with Gasteiger partial charge in [0.15, 0.2) is 5.16 Å². The zero-order valence-corrected chi connectivity index (χ0v) is 15.3. The minimum Gasteiger partial charge on any atom is -0.333 e. The van der Waals surface area contributed by atoms with Gasteiger partial charge in [-0.15, -0.1) is 0 Å². The van der Waals surface area contributed by atoms with E-state index in [1.165, 1.54) is 16.7 Å². The zero-order chi connectivity index (χ0) is 17.4. The Labute approximate surface area is 156 Å². The summed E-state index contributed by atoms with van der Waals surface area (Å²) in [6.45, 7) is 0. The molecule has 7 heteroatoms. The molecule has 124 valence electrons. The third-order valence-corrected chi connectivity index (χ3v) is 5.31. The van der Waals surface area contributed by atoms with E-state index in [9.17, 15) is 9.59 Å². The second-order valence-corrected chi connectivity index (χ2v) is 7.32. The first-order valence-corrected chi connectivity index (χ1v) is 9.30. The largest absolute Gasteiger partial charge is 0.333 e. The smallest absolute Gasteiger partial charge is 0.262 e. The number of aromatic amines is 1. The molecule has 1 aromatic heterocycles. The summed E-state index contributed by atoms with van der Waals surface area (Å²) in [5.74, 6) is -0.291. The molecule has 0 atom stereocenters. The summed E-state index contributed by atoms with van der Waals surface area (Å²) >= 11 is 4.73. The highest BCUT2D eigenvalue weighted by Gasteiger charge is 2.35. The number of carbonyl (C=O) groups excluding carboxylic acids is 2. The molecule has 2 amide bonds. The Morgan fingerprint density at radius 1 is 1.00 bits per heavy atom. The molecule has 0 radical (unpaired) electrons. The van der Waals surface area contributed by atoms with E-state index in [0.717, 1.165) is 15.7 Å². The molecule has 0 spiro atoms. The highest BCUT2D eigenvalue weighted by Crippen LogP contribution is 2.27. The molecule has 1 N–H and O–H groups in total. The number of hydrogen-bond acceptors (Lipinski definition) is 4. The Balaban J connectivity index is 1.47. The molecular formula is C18H12BrN3O2S. The van der Waals surface area contributed by atoms with Crippen molar-refractivity contribution in [3.63, 3.8) is 0 Å². The van der Waals surface area contributed by atoms with E-state index in [0.29, 0.717) is 16.3 Å². The van der Waals surface area contributed by atoms with Crippen LogP contribution in [0.2, 0.25) is 0 Å². The van der Waals surface area contributed by atoms with Gasteiger partial charge in [0.05, 0.1) is 28.9 Å². The van der Waals surface area contributed by atoms with Gasteiger partial charge in [-0.2, -0.15) is 0 Å². The highest BCUT2D eigenvalue weighted by atomic mass is 79.9. The molecule has 1 aliphatic heterocycles. The third kappa shape index (κ3) is 3.01. The van der Waals surface area contributed by atoms with Gasteiger partial charge in [-0.05, 0) is 29.8 Å². The number of nitrogens with zero attached hydrogens (tertiary/aromatic N) is 2. The number of hydrogen-bond donors (Lipinski definition) is 1. The summed E-state index contributed by atoms with van der Waals surface area (Å²) < 4.78 is 1.01. The molecule has 3 aromatic rings. The van der Waals surface area contributed by atoms with Crippen LogP contribution in [0.25, 0.3) is 11.3 Å². The first-order chi connectivity index (χ1) is 12.1. The lowest BCUT2D eigenvalue weighted by molar-refractivity contribution is 0.0684. The normalized spacial score (nSPS) is 13.4. The van der Waals surface area contributed by atoms with Crippen molar-refractivity contribution in [3.05, 3.63) is 70.3 Å². The van der Waals surface area contributed by atoms with Gasteiger partial charge in [0, 0.05) is 4.47 Å². The van der Waals surface area contributed by atoms with E-state index < -0.39 is 0 Å². The van der Waals surface area contributed by atoms with Gasteiger partial charge in [0.25, 0.3) is 11.8 Å². The van der Waals surface area contributed by atoms with Crippen molar-refractivity contribution >= 4 is 39.5 Å². The number of imide groups is 1. The first-order valence-electron chi connectivity index (χ1n) is 7.52. The topological polar surface area (TPSA) is 66.1 Å². The number of halogens is 1. The van der Waals surface area contributed by atoms with Gasteiger partial charge in [-0.1, -0.05) is 52.0 Å². The van der Waals surface area contributed by atoms with Crippen molar-refractivity contribution in [2.45, 2.75) is 5.16 Å². The summed E-state index contributed by atoms with van der Waals surface area (Å²) in [5, 5.41) is 0.662. The van der Waals surface area contributed by atoms with Gasteiger partial charge in [-0.25, -0.2) is 4.98 Å². The molecule has 0 aliphatic carbocycles. The Bertz CT molecular complexity index is 933. The SMILES string of the molecule is O=C1c2ccccc2C(=O)N1CSc1ncc(-c2ccc(Br)cc2)[nH]1. The molecule has 4 rings (SSSR count). The van der Waals surface area contributed by atoms with Crippen LogP contribution >= 0.6 is 27.7 Å². The monoisotopic (exact) mass is 413 g/mol. The molecule has 0 saturated heterocycles. The molecular weight excluding hydrogens is 402 g/mol. The number of H-pyrrole nitrogens is 1. The van der Waals surface area contributed by atoms with Crippen molar-refractivity contribution in [1.82, 2.24) is 14.9 Å². The number of rotatable bonds is 4. The molecule has 2 heterocycles. The van der Waals surface area contributed by atoms with Crippen LogP contribution in [0.1, 0.15) is 20.7 Å². The zero-order valence-electron chi connectivity index (χ0n) is 12.9. The van der Waals surface area contributed by atoms with E-state index in [-0.39, 0.29) is 17.7 Å². The minimum atomic E-state index is -0.257. The molecule has 0 fully saturated rings. The van der Waals surface area contributed by atoms with Crippen molar-refractivity contribution in [1.29, 1.82) is 0 Å². The Hall–Kier alpha value is -2.38. The van der Waals surface area contributed by atoms with Crippen molar-refractivity contribution in [2.24, 2.45) is 0 Å². The van der Waals surface area contributed by atoms with Gasteiger partial charge in [0.2, 0.25) is 0 Å². The number of thioether (sulfide) groups is 1. The molecule has 0 bridgehead atoms. The molecule has 0 unspecified atom stereocenters. The highest BCUT2D eigenvalue weighted by molar-refractivity contribution is 9.10. The summed E-state index contributed by atoms with van der Waals surface area (Å²) in [6, 6.07) is 14.8. The maximum absolute atomic E-state index is 12.3. The molecule has 25 heavy (non-hydrogen) atoms. The number of nitrogens with one attached hydrogen (secondary N) is 1. The Morgan fingerprint density at radius 2 is 1.64 bits per heavy atom. The lowest BCUT2D eigenvalue weighted by Gasteiger charge is -2.11. The van der Waals surface area contributed by atoms with E-state index in [1.54, 1.807) is 30.5 Å². The number of fused-ring (bicyclic) bond motifs is 1. The lowest BCUT2D eigenvalue weighted by atomic mass is 10.1. The van der Waals surface area contributed by atoms with E-state index in [1.807, 2.05) is 24.3 Å². The van der Waals surface area contributed by atoms with Crippen LogP contribution in [0, 0.1) is 0 Å². The second kappa shape index (κ2) is 6.50. The van der Waals surface area contributed by atoms with Crippen molar-refractivity contribution in [2.75, 3.05) is 5.88 Å². The summed E-state index contributed by atoms with van der Waals surface area (Å²) in [6.07, 6.45) is 1.74. The lowest BCUT2D eigenvalue weighted by Crippen LogP contribution is -2.29. The molecule has 2 aromatic carbocycles. The van der Waals surface area contributed by atoms with Crippen LogP contribution in [0.5, 0.6) is 0 Å². The van der Waals surface area contributed by atoms with Crippen LogP contribution in [-0.2, 0) is 0 Å². The fourth-order valence-electron chi connectivity index (χ4n) is 2.63. The standard InChI is InChI=1S/C18H12BrN3O2S/c19-12-7-5-11(6-8-12)15-9-20-18(21-15)25-10-22-16(23)13-3-1-2-4-14(13)17(22)24/h1-9H,10H2,(H,20,21). The Kier molecular flexibility index (Phi) is 4.19. The van der Waals surface area contributed by atoms with Gasteiger partial charge >= 0.3 is 0 Å². The van der Waals surface area contributed by atoms with Crippen LogP contribution < -0.4 is 0 Å². The van der Waals surface area contributed by atoms with E-state index in [2.05, 4.69) is 25.9 Å². The number of imidazole rings is 1. The molecule has 1 aliphatic rings. The summed E-state index contributed by atoms with van der Waals surface area (Å²) in [4.78, 5) is 33.5. The average Bonchev–Trinajstić information content (AvgIpc) is 3.19. The first kappa shape index (κ1) is 16.1. The van der Waals surface area contributed by atoms with Gasteiger partial charge in [-0.3, -0.25) is 14.5 Å². The number of carbonyl (C=O) groups is 2. The number of benzene rings is 2. The van der Waals surface area contributed by atoms with Crippen molar-refractivity contribution < 1.29 is 9.59 Å². The number of amides is 2.